The van der Waals surface area contributed by atoms with E-state index in [1.165, 1.54) is 16.7 Å². The highest BCUT2D eigenvalue weighted by Gasteiger charge is 2.46. The smallest absolute Gasteiger partial charge is 0.225 e. The first-order chi connectivity index (χ1) is 16.6. The van der Waals surface area contributed by atoms with Gasteiger partial charge in [-0.15, -0.1) is 0 Å². The second-order valence-corrected chi connectivity index (χ2v) is 10.6. The molecule has 5 heteroatoms. The van der Waals surface area contributed by atoms with Gasteiger partial charge in [-0.25, -0.2) is 9.97 Å². The van der Waals surface area contributed by atoms with E-state index in [9.17, 15) is 9.90 Å². The van der Waals surface area contributed by atoms with Gasteiger partial charge in [-0.2, -0.15) is 0 Å². The quantitative estimate of drug-likeness (QED) is 0.547. The van der Waals surface area contributed by atoms with Gasteiger partial charge >= 0.3 is 0 Å². The normalized spacial score (nSPS) is 23.8. The first kappa shape index (κ1) is 21.3. The molecule has 2 heterocycles. The summed E-state index contributed by atoms with van der Waals surface area (Å²) in [6.07, 6.45) is 11.5. The first-order valence-electron chi connectivity index (χ1n) is 12.5. The molecule has 0 bridgehead atoms. The predicted octanol–water partition coefficient (Wildman–Crippen LogP) is 5.24. The maximum Gasteiger partial charge on any atom is 0.225 e. The highest BCUT2D eigenvalue weighted by molar-refractivity contribution is 5.54. The number of aromatic hydroxyl groups is 1. The summed E-state index contributed by atoms with van der Waals surface area (Å²) in [5.41, 5.74) is 5.31. The summed E-state index contributed by atoms with van der Waals surface area (Å²) in [7, 11) is 0. The van der Waals surface area contributed by atoms with Gasteiger partial charge in [0, 0.05) is 42.7 Å². The molecule has 1 aliphatic heterocycles. The average molecular weight is 454 g/mol. The van der Waals surface area contributed by atoms with Crippen molar-refractivity contribution in [2.24, 2.45) is 11.3 Å². The van der Waals surface area contributed by atoms with Crippen LogP contribution < -0.4 is 4.90 Å². The summed E-state index contributed by atoms with van der Waals surface area (Å²) in [6, 6.07) is 16.5. The molecule has 0 radical (unpaired) electrons. The maximum atomic E-state index is 11.1. The molecule has 3 aliphatic rings. The van der Waals surface area contributed by atoms with E-state index in [2.05, 4.69) is 41.3 Å². The first-order valence-corrected chi connectivity index (χ1v) is 12.5. The van der Waals surface area contributed by atoms with Crippen molar-refractivity contribution in [2.45, 2.75) is 50.4 Å². The van der Waals surface area contributed by atoms with E-state index < -0.39 is 0 Å². The summed E-state index contributed by atoms with van der Waals surface area (Å²) in [4.78, 5) is 23.0. The Morgan fingerprint density at radius 3 is 2.38 bits per heavy atom. The van der Waals surface area contributed by atoms with Gasteiger partial charge < -0.3 is 14.8 Å². The number of rotatable bonds is 4. The van der Waals surface area contributed by atoms with Gasteiger partial charge in [-0.05, 0) is 78.8 Å². The minimum atomic E-state index is 0.169. The van der Waals surface area contributed by atoms with Crippen molar-refractivity contribution in [1.29, 1.82) is 0 Å². The number of hydrogen-bond donors (Lipinski definition) is 1. The number of aromatic nitrogens is 2. The number of carbonyl (C=O) groups is 1. The molecule has 5 nitrogen and oxygen atoms in total. The molecule has 1 aromatic heterocycles. The Kier molecular flexibility index (Phi) is 5.35. The molecular formula is C29H31N3O2. The fourth-order valence-corrected chi connectivity index (χ4v) is 6.54. The van der Waals surface area contributed by atoms with Crippen molar-refractivity contribution in [2.75, 3.05) is 18.0 Å². The molecule has 1 spiro atoms. The summed E-state index contributed by atoms with van der Waals surface area (Å²) < 4.78 is 0. The van der Waals surface area contributed by atoms with Crippen molar-refractivity contribution < 1.29 is 9.90 Å². The van der Waals surface area contributed by atoms with Gasteiger partial charge in [0.2, 0.25) is 5.95 Å². The van der Waals surface area contributed by atoms with Crippen LogP contribution in [0.5, 0.6) is 5.75 Å². The standard InChI is InChI=1S/C29H31N3O2/c33-17-20-10-12-29(13-11-20)18-32(19-29)28-30-15-23(16-31-28)27-25(21-4-2-1-3-5-21)8-6-22-14-24(34)7-9-26(22)27/h1-5,7,9,14-17,20,25,27,34H,6,8,10-13,18-19H2/t25-,27+/m0/s1. The minimum absolute atomic E-state index is 0.169. The van der Waals surface area contributed by atoms with Crippen LogP contribution in [0.1, 0.15) is 66.2 Å². The van der Waals surface area contributed by atoms with Crippen molar-refractivity contribution in [3.8, 4) is 5.75 Å². The summed E-state index contributed by atoms with van der Waals surface area (Å²) >= 11 is 0. The number of hydrogen-bond acceptors (Lipinski definition) is 5. The van der Waals surface area contributed by atoms with E-state index in [1.807, 2.05) is 18.5 Å². The minimum Gasteiger partial charge on any atom is -0.508 e. The van der Waals surface area contributed by atoms with Gasteiger partial charge in [0.15, 0.2) is 0 Å². The van der Waals surface area contributed by atoms with Crippen LogP contribution in [0, 0.1) is 11.3 Å². The molecule has 2 aromatic carbocycles. The molecule has 3 aromatic rings. The molecule has 2 atom stereocenters. The van der Waals surface area contributed by atoms with Gasteiger partial charge in [-0.1, -0.05) is 36.4 Å². The Hall–Kier alpha value is -3.21. The van der Waals surface area contributed by atoms with E-state index >= 15 is 0 Å². The third-order valence-corrected chi connectivity index (χ3v) is 8.45. The van der Waals surface area contributed by atoms with E-state index in [-0.39, 0.29) is 11.8 Å². The third kappa shape index (κ3) is 3.77. The molecule has 1 saturated heterocycles. The van der Waals surface area contributed by atoms with Gasteiger partial charge in [0.05, 0.1) is 0 Å². The fourth-order valence-electron chi connectivity index (χ4n) is 6.54. The van der Waals surface area contributed by atoms with Crippen LogP contribution in [-0.2, 0) is 11.2 Å². The largest absolute Gasteiger partial charge is 0.508 e. The molecule has 1 N–H and O–H groups in total. The summed E-state index contributed by atoms with van der Waals surface area (Å²) in [5, 5.41) is 10.0. The molecule has 2 aliphatic carbocycles. The SMILES string of the molecule is O=CC1CCC2(CC1)CN(c1ncc([C@H]3c4ccc(O)cc4CC[C@H]3c3ccccc3)cn1)C2. The number of phenolic OH excluding ortho intramolecular Hbond substituents is 1. The molecule has 174 valence electrons. The summed E-state index contributed by atoms with van der Waals surface area (Å²) in [6.45, 7) is 1.99. The lowest BCUT2D eigenvalue weighted by Gasteiger charge is -2.53. The molecule has 0 amide bonds. The zero-order valence-electron chi connectivity index (χ0n) is 19.4. The topological polar surface area (TPSA) is 66.3 Å². The Morgan fingerprint density at radius 2 is 1.68 bits per heavy atom. The van der Waals surface area contributed by atoms with E-state index in [1.54, 1.807) is 6.07 Å². The number of phenols is 1. The Balaban J connectivity index is 1.25. The number of aldehydes is 1. The number of aryl methyl sites for hydroxylation is 1. The van der Waals surface area contributed by atoms with Crippen LogP contribution >= 0.6 is 0 Å². The van der Waals surface area contributed by atoms with Gasteiger partial charge in [0.25, 0.3) is 0 Å². The van der Waals surface area contributed by atoms with Crippen molar-refractivity contribution in [3.05, 3.63) is 83.2 Å². The molecule has 6 rings (SSSR count). The van der Waals surface area contributed by atoms with Gasteiger partial charge in [-0.3, -0.25) is 0 Å². The second kappa shape index (κ2) is 8.53. The van der Waals surface area contributed by atoms with Crippen LogP contribution in [0.2, 0.25) is 0 Å². The van der Waals surface area contributed by atoms with E-state index in [0.717, 1.165) is 69.4 Å². The maximum absolute atomic E-state index is 11.1. The van der Waals surface area contributed by atoms with Crippen molar-refractivity contribution in [3.63, 3.8) is 0 Å². The zero-order valence-corrected chi connectivity index (χ0v) is 19.4. The zero-order chi connectivity index (χ0) is 23.1. The van der Waals surface area contributed by atoms with Gasteiger partial charge in [0.1, 0.15) is 12.0 Å². The molecule has 34 heavy (non-hydrogen) atoms. The number of anilines is 1. The van der Waals surface area contributed by atoms with Crippen LogP contribution in [0.25, 0.3) is 0 Å². The average Bonchev–Trinajstić information content (AvgIpc) is 2.87. The molecule has 0 unspecified atom stereocenters. The fraction of sp³-hybridized carbons (Fsp3) is 0.414. The van der Waals surface area contributed by atoms with Crippen LogP contribution in [0.4, 0.5) is 5.95 Å². The third-order valence-electron chi connectivity index (χ3n) is 8.45. The lowest BCUT2D eigenvalue weighted by atomic mass is 9.66. The second-order valence-electron chi connectivity index (χ2n) is 10.6. The van der Waals surface area contributed by atoms with Crippen molar-refractivity contribution >= 4 is 12.2 Å². The molecule has 2 fully saturated rings. The van der Waals surface area contributed by atoms with E-state index in [4.69, 9.17) is 9.97 Å². The number of nitrogens with zero attached hydrogens (tertiary/aromatic N) is 3. The Bertz CT molecular complexity index is 1160. The van der Waals surface area contributed by atoms with Crippen molar-refractivity contribution in [1.82, 2.24) is 9.97 Å². The number of benzene rings is 2. The Morgan fingerprint density at radius 1 is 0.941 bits per heavy atom. The van der Waals surface area contributed by atoms with Crippen LogP contribution in [0.3, 0.4) is 0 Å². The monoisotopic (exact) mass is 453 g/mol. The molecule has 1 saturated carbocycles. The highest BCUT2D eigenvalue weighted by Crippen LogP contribution is 2.48. The lowest BCUT2D eigenvalue weighted by Crippen LogP contribution is -2.58. The van der Waals surface area contributed by atoms with Crippen LogP contribution in [0.15, 0.2) is 60.9 Å². The lowest BCUT2D eigenvalue weighted by molar-refractivity contribution is -0.112. The highest BCUT2D eigenvalue weighted by atomic mass is 16.3. The number of fused-ring (bicyclic) bond motifs is 1. The molecular weight excluding hydrogens is 422 g/mol. The number of carbonyl (C=O) groups excluding carboxylic acids is 1. The van der Waals surface area contributed by atoms with E-state index in [0.29, 0.717) is 17.1 Å². The Labute approximate surface area is 200 Å². The van der Waals surface area contributed by atoms with Crippen LogP contribution in [-0.4, -0.2) is 34.5 Å². The summed E-state index contributed by atoms with van der Waals surface area (Å²) in [5.74, 6) is 1.92. The predicted molar refractivity (Wildman–Crippen MR) is 132 cm³/mol.